The smallest absolute Gasteiger partial charge is 0.342 e. The van der Waals surface area contributed by atoms with Gasteiger partial charge in [-0.25, -0.2) is 4.79 Å². The Labute approximate surface area is 245 Å². The van der Waals surface area contributed by atoms with Crippen LogP contribution in [-0.2, 0) is 21.7 Å². The minimum absolute atomic E-state index is 0.106. The van der Waals surface area contributed by atoms with Crippen molar-refractivity contribution in [1.29, 1.82) is 0 Å². The molecular formula is C32H37NO9. The number of ether oxygens (including phenoxy) is 7. The van der Waals surface area contributed by atoms with E-state index in [2.05, 4.69) is 0 Å². The molecule has 10 nitrogen and oxygen atoms in total. The molecular weight excluding hydrogens is 542 g/mol. The third-order valence-corrected chi connectivity index (χ3v) is 6.95. The molecule has 1 aliphatic rings. The molecule has 1 aliphatic heterocycles. The fraction of sp³-hybridized carbons (Fsp3) is 0.344. The number of methoxy groups -OCH3 is 5. The summed E-state index contributed by atoms with van der Waals surface area (Å²) in [4.78, 5) is 15.6. The van der Waals surface area contributed by atoms with Crippen LogP contribution in [0.3, 0.4) is 0 Å². The lowest BCUT2D eigenvalue weighted by Crippen LogP contribution is -2.29. The van der Waals surface area contributed by atoms with Gasteiger partial charge in [-0.2, -0.15) is 0 Å². The van der Waals surface area contributed by atoms with Crippen LogP contribution in [0.5, 0.6) is 34.5 Å². The van der Waals surface area contributed by atoms with Gasteiger partial charge in [0.25, 0.3) is 5.79 Å². The Bertz CT molecular complexity index is 1420. The maximum absolute atomic E-state index is 13.6. The summed E-state index contributed by atoms with van der Waals surface area (Å²) in [6, 6.07) is 15.4. The van der Waals surface area contributed by atoms with Crippen molar-refractivity contribution in [1.82, 2.24) is 4.90 Å². The summed E-state index contributed by atoms with van der Waals surface area (Å²) in [6.07, 6.45) is 0.106. The SMILES string of the molecule is COc1ccc(C2(O)OC(=O)C(c3cc(OC)cc(OCCN(C)C)c3)=C2Cc2cc(OC)c(OC)c(OC)c2)cc1. The van der Waals surface area contributed by atoms with Gasteiger partial charge < -0.3 is 43.2 Å². The zero-order valence-electron chi connectivity index (χ0n) is 25.0. The zero-order valence-corrected chi connectivity index (χ0v) is 25.0. The van der Waals surface area contributed by atoms with Gasteiger partial charge in [-0.1, -0.05) is 0 Å². The fourth-order valence-electron chi connectivity index (χ4n) is 4.79. The van der Waals surface area contributed by atoms with Crippen LogP contribution in [0.2, 0.25) is 0 Å². The van der Waals surface area contributed by atoms with E-state index < -0.39 is 11.8 Å². The average Bonchev–Trinajstić information content (AvgIpc) is 3.25. The van der Waals surface area contributed by atoms with Crippen LogP contribution in [0.1, 0.15) is 16.7 Å². The molecule has 0 spiro atoms. The van der Waals surface area contributed by atoms with Crippen molar-refractivity contribution < 1.29 is 43.1 Å². The number of nitrogens with zero attached hydrogens (tertiary/aromatic N) is 1. The lowest BCUT2D eigenvalue weighted by Gasteiger charge is -2.26. The van der Waals surface area contributed by atoms with Gasteiger partial charge in [0.1, 0.15) is 23.9 Å². The van der Waals surface area contributed by atoms with Crippen LogP contribution in [0.25, 0.3) is 5.57 Å². The molecule has 1 N–H and O–H groups in total. The van der Waals surface area contributed by atoms with Crippen molar-refractivity contribution >= 4 is 11.5 Å². The Hall–Kier alpha value is -4.41. The van der Waals surface area contributed by atoms with E-state index >= 15 is 0 Å². The summed E-state index contributed by atoms with van der Waals surface area (Å²) in [7, 11) is 11.6. The van der Waals surface area contributed by atoms with Crippen LogP contribution < -0.4 is 28.4 Å². The second-order valence-corrected chi connectivity index (χ2v) is 9.87. The van der Waals surface area contributed by atoms with Gasteiger partial charge >= 0.3 is 5.97 Å². The van der Waals surface area contributed by atoms with Crippen LogP contribution in [0, 0.1) is 0 Å². The summed E-state index contributed by atoms with van der Waals surface area (Å²) < 4.78 is 39.1. The molecule has 0 saturated heterocycles. The molecule has 0 aromatic heterocycles. The molecule has 1 atom stereocenters. The molecule has 0 aliphatic carbocycles. The normalized spacial score (nSPS) is 16.4. The Kier molecular flexibility index (Phi) is 9.49. The standard InChI is InChI=1S/C32H37NO9/c1-33(2)12-13-41-25-18-21(17-24(19-25)37-4)29-26(14-20-15-27(38-5)30(40-7)28(16-20)39-6)32(35,42-31(29)34)22-8-10-23(36-3)11-9-22/h8-11,15-19,35H,12-14H2,1-7H3. The molecule has 0 saturated carbocycles. The third kappa shape index (κ3) is 6.24. The molecule has 1 heterocycles. The van der Waals surface area contributed by atoms with Gasteiger partial charge in [0.2, 0.25) is 5.75 Å². The second kappa shape index (κ2) is 13.1. The Morgan fingerprint density at radius 3 is 1.95 bits per heavy atom. The zero-order chi connectivity index (χ0) is 30.4. The number of hydrogen-bond donors (Lipinski definition) is 1. The number of carbonyl (C=O) groups is 1. The van der Waals surface area contributed by atoms with Crippen molar-refractivity contribution in [2.24, 2.45) is 0 Å². The molecule has 224 valence electrons. The summed E-state index contributed by atoms with van der Waals surface area (Å²) in [5.41, 5.74) is 2.04. The van der Waals surface area contributed by atoms with E-state index in [0.29, 0.717) is 69.9 Å². The summed E-state index contributed by atoms with van der Waals surface area (Å²) >= 11 is 0. The van der Waals surface area contributed by atoms with Crippen LogP contribution in [0.15, 0.2) is 60.2 Å². The van der Waals surface area contributed by atoms with Crippen LogP contribution in [-0.4, -0.2) is 78.8 Å². The Morgan fingerprint density at radius 2 is 1.40 bits per heavy atom. The molecule has 0 radical (unpaired) electrons. The van der Waals surface area contributed by atoms with E-state index in [1.807, 2.05) is 19.0 Å². The summed E-state index contributed by atoms with van der Waals surface area (Å²) in [6.45, 7) is 1.12. The number of hydrogen-bond acceptors (Lipinski definition) is 10. The first-order valence-electron chi connectivity index (χ1n) is 13.3. The topological polar surface area (TPSA) is 105 Å². The molecule has 0 bridgehead atoms. The fourth-order valence-corrected chi connectivity index (χ4v) is 4.79. The predicted octanol–water partition coefficient (Wildman–Crippen LogP) is 4.07. The highest BCUT2D eigenvalue weighted by molar-refractivity contribution is 6.20. The first kappa shape index (κ1) is 30.5. The molecule has 4 rings (SSSR count). The Balaban J connectivity index is 1.91. The van der Waals surface area contributed by atoms with E-state index in [-0.39, 0.29) is 12.0 Å². The summed E-state index contributed by atoms with van der Waals surface area (Å²) in [5, 5.41) is 12.1. The van der Waals surface area contributed by atoms with E-state index in [4.69, 9.17) is 33.2 Å². The first-order valence-corrected chi connectivity index (χ1v) is 13.3. The van der Waals surface area contributed by atoms with Crippen molar-refractivity contribution in [2.45, 2.75) is 12.2 Å². The van der Waals surface area contributed by atoms with Crippen molar-refractivity contribution in [2.75, 3.05) is 62.8 Å². The van der Waals surface area contributed by atoms with Gasteiger partial charge in [-0.05, 0) is 73.8 Å². The highest BCUT2D eigenvalue weighted by atomic mass is 16.7. The van der Waals surface area contributed by atoms with E-state index in [9.17, 15) is 9.90 Å². The second-order valence-electron chi connectivity index (χ2n) is 9.87. The highest BCUT2D eigenvalue weighted by Gasteiger charge is 2.48. The molecule has 3 aromatic rings. The summed E-state index contributed by atoms with van der Waals surface area (Å²) in [5.74, 6) is 0.120. The number of rotatable bonds is 13. The number of benzene rings is 3. The number of carbonyl (C=O) groups excluding carboxylic acids is 1. The number of cyclic esters (lactones) is 1. The quantitative estimate of drug-likeness (QED) is 0.298. The molecule has 10 heteroatoms. The molecule has 42 heavy (non-hydrogen) atoms. The third-order valence-electron chi connectivity index (χ3n) is 6.95. The number of likely N-dealkylation sites (N-methyl/N-ethyl adjacent to an activating group) is 1. The van der Waals surface area contributed by atoms with Gasteiger partial charge in [-0.3, -0.25) is 0 Å². The van der Waals surface area contributed by atoms with Gasteiger partial charge in [0.15, 0.2) is 11.5 Å². The largest absolute Gasteiger partial charge is 0.497 e. The van der Waals surface area contributed by atoms with Crippen LogP contribution >= 0.6 is 0 Å². The first-order chi connectivity index (χ1) is 20.2. The van der Waals surface area contributed by atoms with E-state index in [1.54, 1.807) is 61.7 Å². The van der Waals surface area contributed by atoms with Gasteiger partial charge in [-0.15, -0.1) is 0 Å². The monoisotopic (exact) mass is 579 g/mol. The predicted molar refractivity (Wildman–Crippen MR) is 157 cm³/mol. The minimum atomic E-state index is -2.08. The van der Waals surface area contributed by atoms with Crippen LogP contribution in [0.4, 0.5) is 0 Å². The molecule has 1 unspecified atom stereocenters. The molecule has 0 amide bonds. The number of aliphatic hydroxyl groups is 1. The van der Waals surface area contributed by atoms with Gasteiger partial charge in [0, 0.05) is 30.2 Å². The van der Waals surface area contributed by atoms with E-state index in [1.165, 1.54) is 28.4 Å². The van der Waals surface area contributed by atoms with E-state index in [0.717, 1.165) is 0 Å². The van der Waals surface area contributed by atoms with Crippen molar-refractivity contribution in [3.8, 4) is 34.5 Å². The maximum atomic E-state index is 13.6. The molecule has 3 aromatic carbocycles. The van der Waals surface area contributed by atoms with Crippen molar-refractivity contribution in [3.05, 3.63) is 76.9 Å². The maximum Gasteiger partial charge on any atom is 0.342 e. The highest BCUT2D eigenvalue weighted by Crippen LogP contribution is 2.47. The number of esters is 1. The average molecular weight is 580 g/mol. The van der Waals surface area contributed by atoms with Crippen molar-refractivity contribution in [3.63, 3.8) is 0 Å². The lowest BCUT2D eigenvalue weighted by atomic mass is 9.87. The van der Waals surface area contributed by atoms with Gasteiger partial charge in [0.05, 0.1) is 41.1 Å². The lowest BCUT2D eigenvalue weighted by molar-refractivity contribution is -0.185. The minimum Gasteiger partial charge on any atom is -0.497 e. The molecule has 0 fully saturated rings. The Morgan fingerprint density at radius 1 is 0.786 bits per heavy atom.